The van der Waals surface area contributed by atoms with Crippen LogP contribution in [0.15, 0.2) is 23.8 Å². The van der Waals surface area contributed by atoms with Gasteiger partial charge in [0.05, 0.1) is 6.61 Å². The smallest absolute Gasteiger partial charge is 0.305 e. The predicted molar refractivity (Wildman–Crippen MR) is 80.0 cm³/mol. The monoisotopic (exact) mass is 264 g/mol. The van der Waals surface area contributed by atoms with Crippen molar-refractivity contribution in [2.75, 3.05) is 6.61 Å². The van der Waals surface area contributed by atoms with Crippen LogP contribution in [0, 0.1) is 5.92 Å². The molecule has 1 atom stereocenters. The highest BCUT2D eigenvalue weighted by Gasteiger charge is 2.08. The van der Waals surface area contributed by atoms with Gasteiger partial charge in [0.1, 0.15) is 0 Å². The lowest BCUT2D eigenvalue weighted by atomic mass is 9.90. The van der Waals surface area contributed by atoms with Crippen LogP contribution in [0.5, 0.6) is 0 Å². The molecular weight excluding hydrogens is 236 g/mol. The fourth-order valence-corrected chi connectivity index (χ4v) is 2.45. The van der Waals surface area contributed by atoms with Crippen molar-refractivity contribution in [2.24, 2.45) is 5.92 Å². The number of unbranched alkanes of at least 4 members (excludes halogenated alkanes) is 1. The van der Waals surface area contributed by atoms with E-state index in [1.165, 1.54) is 24.8 Å². The minimum atomic E-state index is -0.0534. The van der Waals surface area contributed by atoms with Crippen LogP contribution in [0.4, 0.5) is 0 Å². The van der Waals surface area contributed by atoms with Gasteiger partial charge in [0.25, 0.3) is 0 Å². The minimum Gasteiger partial charge on any atom is -0.466 e. The highest BCUT2D eigenvalue weighted by molar-refractivity contribution is 5.69. The van der Waals surface area contributed by atoms with Crippen molar-refractivity contribution < 1.29 is 9.53 Å². The van der Waals surface area contributed by atoms with Crippen molar-refractivity contribution in [1.29, 1.82) is 0 Å². The summed E-state index contributed by atoms with van der Waals surface area (Å²) in [4.78, 5) is 11.2. The van der Waals surface area contributed by atoms with Gasteiger partial charge in [-0.15, -0.1) is 0 Å². The first kappa shape index (κ1) is 16.0. The summed E-state index contributed by atoms with van der Waals surface area (Å²) in [7, 11) is 0. The molecule has 0 saturated carbocycles. The maximum absolute atomic E-state index is 11.2. The Balaban J connectivity index is 2.12. The van der Waals surface area contributed by atoms with Gasteiger partial charge in [-0.25, -0.2) is 0 Å². The van der Waals surface area contributed by atoms with Crippen molar-refractivity contribution in [3.8, 4) is 0 Å². The van der Waals surface area contributed by atoms with Crippen LogP contribution in [-0.4, -0.2) is 12.6 Å². The first-order chi connectivity index (χ1) is 9.26. The fourth-order valence-electron chi connectivity index (χ4n) is 2.45. The van der Waals surface area contributed by atoms with Crippen molar-refractivity contribution in [3.63, 3.8) is 0 Å². The summed E-state index contributed by atoms with van der Waals surface area (Å²) in [6.45, 7) is 4.82. The van der Waals surface area contributed by atoms with E-state index in [0.29, 0.717) is 13.0 Å². The van der Waals surface area contributed by atoms with Gasteiger partial charge in [0, 0.05) is 6.42 Å². The minimum absolute atomic E-state index is 0.0534. The van der Waals surface area contributed by atoms with E-state index in [1.807, 2.05) is 6.92 Å². The number of hydrogen-bond acceptors (Lipinski definition) is 2. The number of carbonyl (C=O) groups excluding carboxylic acids is 1. The van der Waals surface area contributed by atoms with E-state index in [1.54, 1.807) is 0 Å². The Hall–Kier alpha value is -1.05. The average molecular weight is 264 g/mol. The van der Waals surface area contributed by atoms with Gasteiger partial charge in [-0.05, 0) is 44.4 Å². The van der Waals surface area contributed by atoms with Crippen molar-refractivity contribution in [1.82, 2.24) is 0 Å². The third kappa shape index (κ3) is 7.19. The molecule has 1 aliphatic carbocycles. The maximum Gasteiger partial charge on any atom is 0.305 e. The largest absolute Gasteiger partial charge is 0.466 e. The lowest BCUT2D eigenvalue weighted by Gasteiger charge is -2.15. The number of carbonyl (C=O) groups is 1. The molecular formula is C17H28O2. The summed E-state index contributed by atoms with van der Waals surface area (Å²) in [6.07, 6.45) is 15.4. The normalized spacial score (nSPS) is 18.2. The molecule has 19 heavy (non-hydrogen) atoms. The van der Waals surface area contributed by atoms with E-state index < -0.39 is 0 Å². The standard InChI is InChI=1S/C17H28O2/c1-3-8-15-11-7-12-16(14-15)10-5-6-13-19-17(18)9-4-2/h7,12,14-15H,3-6,8-11,13H2,1-2H3. The molecule has 0 saturated heterocycles. The van der Waals surface area contributed by atoms with Gasteiger partial charge in [0.2, 0.25) is 0 Å². The second-order valence-corrected chi connectivity index (χ2v) is 5.36. The predicted octanol–water partition coefficient (Wildman–Crippen LogP) is 4.80. The van der Waals surface area contributed by atoms with Gasteiger partial charge >= 0.3 is 5.97 Å². The SMILES string of the molecule is CCCC(=O)OCCCCC1=CC(CCC)CC=C1. The molecule has 0 aliphatic heterocycles. The molecule has 1 rings (SSSR count). The molecule has 0 radical (unpaired) electrons. The summed E-state index contributed by atoms with van der Waals surface area (Å²) < 4.78 is 5.16. The van der Waals surface area contributed by atoms with Crippen LogP contribution in [0.3, 0.4) is 0 Å². The van der Waals surface area contributed by atoms with Gasteiger partial charge in [-0.2, -0.15) is 0 Å². The third-order valence-electron chi connectivity index (χ3n) is 3.46. The Kier molecular flexibility index (Phi) is 8.28. The molecule has 0 aromatic rings. The topological polar surface area (TPSA) is 26.3 Å². The van der Waals surface area contributed by atoms with E-state index in [-0.39, 0.29) is 5.97 Å². The molecule has 2 nitrogen and oxygen atoms in total. The van der Waals surface area contributed by atoms with Crippen molar-refractivity contribution >= 4 is 5.97 Å². The van der Waals surface area contributed by atoms with Gasteiger partial charge in [0.15, 0.2) is 0 Å². The second-order valence-electron chi connectivity index (χ2n) is 5.36. The maximum atomic E-state index is 11.2. The number of hydrogen-bond donors (Lipinski definition) is 0. The summed E-state index contributed by atoms with van der Waals surface area (Å²) in [5.74, 6) is 0.690. The molecule has 1 unspecified atom stereocenters. The molecule has 1 aliphatic rings. The van der Waals surface area contributed by atoms with Crippen LogP contribution in [0.25, 0.3) is 0 Å². The van der Waals surface area contributed by atoms with E-state index in [9.17, 15) is 4.79 Å². The number of allylic oxidation sites excluding steroid dienone is 4. The molecule has 0 bridgehead atoms. The molecule has 0 fully saturated rings. The Morgan fingerprint density at radius 2 is 2.16 bits per heavy atom. The van der Waals surface area contributed by atoms with Crippen LogP contribution < -0.4 is 0 Å². The van der Waals surface area contributed by atoms with Gasteiger partial charge < -0.3 is 4.74 Å². The van der Waals surface area contributed by atoms with Crippen LogP contribution in [0.2, 0.25) is 0 Å². The van der Waals surface area contributed by atoms with E-state index in [0.717, 1.165) is 31.6 Å². The molecule has 0 amide bonds. The molecule has 0 N–H and O–H groups in total. The molecule has 2 heteroatoms. The molecule has 0 heterocycles. The van der Waals surface area contributed by atoms with E-state index >= 15 is 0 Å². The molecule has 0 aromatic heterocycles. The summed E-state index contributed by atoms with van der Waals surface area (Å²) in [5.41, 5.74) is 1.46. The molecule has 0 aromatic carbocycles. The number of rotatable bonds is 9. The van der Waals surface area contributed by atoms with E-state index in [4.69, 9.17) is 4.74 Å². The van der Waals surface area contributed by atoms with E-state index in [2.05, 4.69) is 25.2 Å². The first-order valence-electron chi connectivity index (χ1n) is 7.79. The highest BCUT2D eigenvalue weighted by Crippen LogP contribution is 2.23. The lowest BCUT2D eigenvalue weighted by molar-refractivity contribution is -0.143. The number of ether oxygens (including phenoxy) is 1. The summed E-state index contributed by atoms with van der Waals surface area (Å²) in [6, 6.07) is 0. The van der Waals surface area contributed by atoms with Crippen LogP contribution in [-0.2, 0) is 9.53 Å². The van der Waals surface area contributed by atoms with Crippen molar-refractivity contribution in [3.05, 3.63) is 23.8 Å². The Labute approximate surface area is 117 Å². The fraction of sp³-hybridized carbons (Fsp3) is 0.706. The molecule has 108 valence electrons. The van der Waals surface area contributed by atoms with Gasteiger partial charge in [-0.1, -0.05) is 44.1 Å². The Morgan fingerprint density at radius 1 is 1.32 bits per heavy atom. The quantitative estimate of drug-likeness (QED) is 0.441. The Bertz CT molecular complexity index is 315. The summed E-state index contributed by atoms with van der Waals surface area (Å²) >= 11 is 0. The third-order valence-corrected chi connectivity index (χ3v) is 3.46. The molecule has 0 spiro atoms. The lowest BCUT2D eigenvalue weighted by Crippen LogP contribution is -2.05. The zero-order valence-corrected chi connectivity index (χ0v) is 12.5. The Morgan fingerprint density at radius 3 is 2.89 bits per heavy atom. The summed E-state index contributed by atoms with van der Waals surface area (Å²) in [5, 5.41) is 0. The highest BCUT2D eigenvalue weighted by atomic mass is 16.5. The van der Waals surface area contributed by atoms with Crippen molar-refractivity contribution in [2.45, 2.75) is 65.2 Å². The van der Waals surface area contributed by atoms with Gasteiger partial charge in [-0.3, -0.25) is 4.79 Å². The van der Waals surface area contributed by atoms with Crippen LogP contribution in [0.1, 0.15) is 65.2 Å². The van der Waals surface area contributed by atoms with Crippen LogP contribution >= 0.6 is 0 Å². The zero-order valence-electron chi connectivity index (χ0n) is 12.5. The average Bonchev–Trinajstić information content (AvgIpc) is 2.39. The zero-order chi connectivity index (χ0) is 13.9. The second kappa shape index (κ2) is 9.82. The first-order valence-corrected chi connectivity index (χ1v) is 7.79. The number of esters is 1.